The number of hydrogen-bond donors (Lipinski definition) is 6. The highest BCUT2D eigenvalue weighted by molar-refractivity contribution is 7.99. The maximum Gasteiger partial charge on any atom is 0.283 e. The van der Waals surface area contributed by atoms with Crippen LogP contribution in [0.3, 0.4) is 0 Å². The number of nitrogens with one attached hydrogen (secondary N) is 2. The molecule has 0 radical (unpaired) electrons. The Kier molecular flexibility index (Phi) is 15.2. The third kappa shape index (κ3) is 10.1. The van der Waals surface area contributed by atoms with Gasteiger partial charge in [-0.25, -0.2) is 0 Å². The molecule has 0 aromatic heterocycles. The standard InChI is InChI=1S/C52H88N2O11S2/c1-31(37-9-11-39-47-41(17-21-51(37,39)5)49(3)19-15-35(55)27-33(49)29-43(47)57)7-13-45(59)53-23-25-66(61,62)65-67(63,64)26-24-54-46(60)14-8-32(2)38-10-12-40-48-42(18-22-52(38,40)6)50(4)20-16-36(56)28-34(50)30-44(48)58/h31-44,47-48,55-58H,7-30H2,1-6H3,(H,53,59)(H,54,60)/t31-,32-,33?,34?,35-,36-,37-,38-,39+,40?,41+,42?,43+,44+,47+,48?,49+,50+,51-,52-/m1/s1. The first-order valence-electron chi connectivity index (χ1n) is 26.8. The topological polar surface area (TPSA) is 217 Å². The number of carbonyl (C=O) groups excluding carboxylic acids is 2. The molecule has 15 heteroatoms. The first-order chi connectivity index (χ1) is 31.4. The Morgan fingerprint density at radius 2 is 0.896 bits per heavy atom. The van der Waals surface area contributed by atoms with Gasteiger partial charge in [0.25, 0.3) is 20.2 Å². The molecule has 0 aromatic carbocycles. The molecule has 13 nitrogen and oxygen atoms in total. The number of fused-ring (bicyclic) bond motifs is 10. The predicted octanol–water partition coefficient (Wildman–Crippen LogP) is 6.71. The Hall–Kier alpha value is -1.36. The van der Waals surface area contributed by atoms with Crippen LogP contribution in [-0.2, 0) is 33.5 Å². The van der Waals surface area contributed by atoms with Gasteiger partial charge < -0.3 is 31.1 Å². The van der Waals surface area contributed by atoms with Crippen LogP contribution in [0.1, 0.15) is 170 Å². The van der Waals surface area contributed by atoms with Gasteiger partial charge in [0.1, 0.15) is 0 Å². The molecular weight excluding hydrogens is 893 g/mol. The van der Waals surface area contributed by atoms with E-state index in [0.29, 0.717) is 60.2 Å². The Labute approximate surface area is 403 Å². The van der Waals surface area contributed by atoms with Crippen molar-refractivity contribution in [2.24, 2.45) is 92.7 Å². The molecule has 0 bridgehead atoms. The van der Waals surface area contributed by atoms with Crippen molar-refractivity contribution in [1.82, 2.24) is 10.6 Å². The summed E-state index contributed by atoms with van der Waals surface area (Å²) in [6.45, 7) is 13.5. The predicted molar refractivity (Wildman–Crippen MR) is 257 cm³/mol. The molecule has 2 amide bonds. The fourth-order valence-electron chi connectivity index (χ4n) is 18.5. The molecule has 0 aromatic rings. The molecule has 6 N–H and O–H groups in total. The molecule has 0 heterocycles. The highest BCUT2D eigenvalue weighted by Gasteiger charge is 2.64. The van der Waals surface area contributed by atoms with Crippen LogP contribution in [0.4, 0.5) is 0 Å². The van der Waals surface area contributed by atoms with E-state index in [2.05, 4.69) is 55.8 Å². The third-order valence-corrected chi connectivity index (χ3v) is 25.1. The number of rotatable bonds is 16. The first-order valence-corrected chi connectivity index (χ1v) is 30.0. The first kappa shape index (κ1) is 52.0. The fraction of sp³-hybridized carbons (Fsp3) is 0.962. The maximum atomic E-state index is 12.9. The zero-order valence-corrected chi connectivity index (χ0v) is 43.3. The normalized spacial score (nSPS) is 45.8. The number of carbonyl (C=O) groups is 2. The van der Waals surface area contributed by atoms with E-state index in [-0.39, 0.29) is 107 Å². The van der Waals surface area contributed by atoms with Crippen molar-refractivity contribution >= 4 is 32.1 Å². The van der Waals surface area contributed by atoms with Gasteiger partial charge in [0.15, 0.2) is 0 Å². The van der Waals surface area contributed by atoms with Gasteiger partial charge in [-0.3, -0.25) is 9.59 Å². The maximum absolute atomic E-state index is 12.9. The monoisotopic (exact) mass is 981 g/mol. The third-order valence-electron chi connectivity index (χ3n) is 22.0. The van der Waals surface area contributed by atoms with Crippen molar-refractivity contribution in [2.75, 3.05) is 24.6 Å². The molecule has 8 saturated carbocycles. The van der Waals surface area contributed by atoms with Crippen molar-refractivity contribution in [3.05, 3.63) is 0 Å². The lowest BCUT2D eigenvalue weighted by Crippen LogP contribution is -2.58. The summed E-state index contributed by atoms with van der Waals surface area (Å²) in [4.78, 5) is 25.8. The number of aliphatic hydroxyl groups excluding tert-OH is 4. The molecule has 8 fully saturated rings. The second-order valence-electron chi connectivity index (χ2n) is 25.2. The Morgan fingerprint density at radius 1 is 0.537 bits per heavy atom. The second-order valence-corrected chi connectivity index (χ2v) is 28.8. The van der Waals surface area contributed by atoms with E-state index in [0.717, 1.165) is 103 Å². The summed E-state index contributed by atoms with van der Waals surface area (Å²) >= 11 is 0. The molecular formula is C52H88N2O11S2. The molecule has 8 aliphatic rings. The van der Waals surface area contributed by atoms with E-state index < -0.39 is 31.7 Å². The lowest BCUT2D eigenvalue weighted by molar-refractivity contribution is -0.174. The van der Waals surface area contributed by atoms with E-state index >= 15 is 0 Å². The summed E-state index contributed by atoms with van der Waals surface area (Å²) < 4.78 is 55.4. The van der Waals surface area contributed by atoms with Gasteiger partial charge in [0.2, 0.25) is 11.8 Å². The average Bonchev–Trinajstić information content (AvgIpc) is 3.79. The van der Waals surface area contributed by atoms with Gasteiger partial charge in [-0.1, -0.05) is 41.5 Å². The van der Waals surface area contributed by atoms with E-state index in [1.54, 1.807) is 0 Å². The zero-order valence-electron chi connectivity index (χ0n) is 41.7. The highest BCUT2D eigenvalue weighted by atomic mass is 32.3. The summed E-state index contributed by atoms with van der Waals surface area (Å²) in [5, 5.41) is 49.3. The van der Waals surface area contributed by atoms with Gasteiger partial charge in [0.05, 0.1) is 35.9 Å². The van der Waals surface area contributed by atoms with Gasteiger partial charge in [-0.05, 0) is 208 Å². The molecule has 67 heavy (non-hydrogen) atoms. The van der Waals surface area contributed by atoms with Crippen LogP contribution < -0.4 is 10.6 Å². The van der Waals surface area contributed by atoms with Crippen LogP contribution in [0.15, 0.2) is 0 Å². The van der Waals surface area contributed by atoms with Crippen LogP contribution in [0, 0.1) is 92.7 Å². The van der Waals surface area contributed by atoms with Crippen molar-refractivity contribution in [3.8, 4) is 0 Å². The van der Waals surface area contributed by atoms with Crippen molar-refractivity contribution in [3.63, 3.8) is 0 Å². The highest BCUT2D eigenvalue weighted by Crippen LogP contribution is 2.70. The van der Waals surface area contributed by atoms with Gasteiger partial charge in [-0.2, -0.15) is 16.8 Å². The van der Waals surface area contributed by atoms with Gasteiger partial charge in [0, 0.05) is 25.9 Å². The van der Waals surface area contributed by atoms with Crippen molar-refractivity contribution in [1.29, 1.82) is 0 Å². The van der Waals surface area contributed by atoms with E-state index in [1.165, 1.54) is 0 Å². The zero-order chi connectivity index (χ0) is 48.5. The minimum Gasteiger partial charge on any atom is -0.393 e. The molecule has 20 atom stereocenters. The number of aliphatic hydroxyl groups is 4. The quantitative estimate of drug-likeness (QED) is 0.0956. The summed E-state index contributed by atoms with van der Waals surface area (Å²) in [5.74, 6) is 2.47. The molecule has 5 unspecified atom stereocenters. The number of amides is 2. The molecule has 0 spiro atoms. The molecule has 0 saturated heterocycles. The van der Waals surface area contributed by atoms with Crippen LogP contribution in [0.2, 0.25) is 0 Å². The van der Waals surface area contributed by atoms with Crippen LogP contribution in [0.25, 0.3) is 0 Å². The Morgan fingerprint density at radius 3 is 1.28 bits per heavy atom. The fourth-order valence-corrected chi connectivity index (χ4v) is 21.0. The smallest absolute Gasteiger partial charge is 0.283 e. The lowest BCUT2D eigenvalue weighted by Gasteiger charge is -2.62. The summed E-state index contributed by atoms with van der Waals surface area (Å²) in [6, 6.07) is 0. The average molecular weight is 981 g/mol. The summed E-state index contributed by atoms with van der Waals surface area (Å²) in [7, 11) is -9.05. The van der Waals surface area contributed by atoms with Crippen molar-refractivity contribution < 1.29 is 50.5 Å². The Bertz CT molecular complexity index is 1880. The SMILES string of the molecule is C[C@H](CCC(=O)NCCS(=O)(=O)OS(=O)(=O)CCNC(=O)CC[C@@H](C)[C@H]1CCC2C3C(CC[C@@]21C)[C@@]1(C)CC[C@@H](O)CC1C[C@@H]3O)[C@H]1CC[C@H]2[C@@H]3[C@@H](O)CC4C[C@H](O)CC[C@]4(C)[C@H]3CC[C@]12C. The van der Waals surface area contributed by atoms with Crippen LogP contribution >= 0.6 is 0 Å². The van der Waals surface area contributed by atoms with E-state index in [1.807, 2.05) is 0 Å². The van der Waals surface area contributed by atoms with Crippen LogP contribution in [0.5, 0.6) is 0 Å². The van der Waals surface area contributed by atoms with Gasteiger partial charge in [-0.15, -0.1) is 3.63 Å². The minimum atomic E-state index is -4.52. The minimum absolute atomic E-state index is 0.0818. The summed E-state index contributed by atoms with van der Waals surface area (Å²) in [6.07, 6.45) is 16.1. The number of hydrogen-bond acceptors (Lipinski definition) is 11. The summed E-state index contributed by atoms with van der Waals surface area (Å²) in [5.41, 5.74) is 0.496. The molecule has 0 aliphatic heterocycles. The Balaban J connectivity index is 0.723. The van der Waals surface area contributed by atoms with Gasteiger partial charge >= 0.3 is 0 Å². The van der Waals surface area contributed by atoms with E-state index in [4.69, 9.17) is 0 Å². The largest absolute Gasteiger partial charge is 0.393 e. The molecule has 8 rings (SSSR count). The lowest BCUT2D eigenvalue weighted by atomic mass is 9.43. The second kappa shape index (κ2) is 19.6. The van der Waals surface area contributed by atoms with Crippen molar-refractivity contribution in [2.45, 2.75) is 194 Å². The molecule has 384 valence electrons. The molecule has 8 aliphatic carbocycles. The van der Waals surface area contributed by atoms with Crippen LogP contribution in [-0.4, -0.2) is 98.1 Å². The van der Waals surface area contributed by atoms with E-state index in [9.17, 15) is 46.9 Å².